The van der Waals surface area contributed by atoms with Gasteiger partial charge in [0.2, 0.25) is 0 Å². The van der Waals surface area contributed by atoms with Gasteiger partial charge in [-0.1, -0.05) is 55.0 Å². The molecule has 4 aromatic rings. The maximum atomic E-state index is 6.02. The number of aryl methyl sites for hydroxylation is 3. The highest BCUT2D eigenvalue weighted by Crippen LogP contribution is 2.28. The number of aromatic nitrogens is 2. The molecule has 0 radical (unpaired) electrons. The number of imidazole rings is 1. The second-order valence-corrected chi connectivity index (χ2v) is 7.24. The average Bonchev–Trinajstić information content (AvgIpc) is 3.07. The lowest BCUT2D eigenvalue weighted by Crippen LogP contribution is -2.10. The van der Waals surface area contributed by atoms with Gasteiger partial charge in [0, 0.05) is 5.56 Å². The summed E-state index contributed by atoms with van der Waals surface area (Å²) >= 11 is 0. The van der Waals surface area contributed by atoms with Gasteiger partial charge in [0.05, 0.1) is 17.6 Å². The van der Waals surface area contributed by atoms with Crippen LogP contribution in [0.15, 0.2) is 66.7 Å². The lowest BCUT2D eigenvalue weighted by Gasteiger charge is -2.13. The van der Waals surface area contributed by atoms with E-state index in [1.807, 2.05) is 6.07 Å². The minimum Gasteiger partial charge on any atom is -0.492 e. The van der Waals surface area contributed by atoms with E-state index in [9.17, 15) is 0 Å². The third kappa shape index (κ3) is 3.65. The van der Waals surface area contributed by atoms with Crippen LogP contribution in [0.2, 0.25) is 0 Å². The van der Waals surface area contributed by atoms with E-state index >= 15 is 0 Å². The summed E-state index contributed by atoms with van der Waals surface area (Å²) in [6.07, 6.45) is 1.04. The standard InChI is InChI=1S/C25H26N2O/c1-4-20-10-12-21(13-11-20)28-16-15-27-24-8-6-5-7-23(24)26-25(27)22-14-9-18(2)17-19(22)3/h5-14,17H,4,15-16H2,1-3H3. The smallest absolute Gasteiger partial charge is 0.141 e. The van der Waals surface area contributed by atoms with Gasteiger partial charge in [-0.2, -0.15) is 0 Å². The molecule has 0 bridgehead atoms. The first-order chi connectivity index (χ1) is 13.7. The van der Waals surface area contributed by atoms with E-state index in [1.54, 1.807) is 0 Å². The first-order valence-electron chi connectivity index (χ1n) is 9.90. The largest absolute Gasteiger partial charge is 0.492 e. The van der Waals surface area contributed by atoms with Gasteiger partial charge >= 0.3 is 0 Å². The second kappa shape index (κ2) is 7.89. The Balaban J connectivity index is 1.63. The zero-order valence-corrected chi connectivity index (χ0v) is 16.8. The van der Waals surface area contributed by atoms with E-state index in [2.05, 4.69) is 86.0 Å². The van der Waals surface area contributed by atoms with Gasteiger partial charge in [-0.25, -0.2) is 4.98 Å². The maximum absolute atomic E-state index is 6.02. The minimum atomic E-state index is 0.601. The molecule has 3 heteroatoms. The van der Waals surface area contributed by atoms with E-state index in [0.29, 0.717) is 6.61 Å². The number of rotatable bonds is 6. The summed E-state index contributed by atoms with van der Waals surface area (Å²) in [5.74, 6) is 1.92. The Morgan fingerprint density at radius 3 is 2.46 bits per heavy atom. The predicted octanol–water partition coefficient (Wildman–Crippen LogP) is 5.96. The van der Waals surface area contributed by atoms with E-state index < -0.39 is 0 Å². The zero-order valence-electron chi connectivity index (χ0n) is 16.8. The quantitative estimate of drug-likeness (QED) is 0.419. The van der Waals surface area contributed by atoms with Gasteiger partial charge in [-0.05, 0) is 55.7 Å². The van der Waals surface area contributed by atoms with Crippen molar-refractivity contribution in [3.05, 3.63) is 83.4 Å². The summed E-state index contributed by atoms with van der Waals surface area (Å²) in [5, 5.41) is 0. The van der Waals surface area contributed by atoms with Crippen LogP contribution in [-0.4, -0.2) is 16.2 Å². The number of nitrogens with zero attached hydrogens (tertiary/aromatic N) is 2. The van der Waals surface area contributed by atoms with Crippen molar-refractivity contribution in [2.75, 3.05) is 6.61 Å². The molecule has 0 saturated carbocycles. The molecule has 0 unspecified atom stereocenters. The van der Waals surface area contributed by atoms with Gasteiger partial charge in [-0.3, -0.25) is 0 Å². The number of para-hydroxylation sites is 2. The van der Waals surface area contributed by atoms with Crippen LogP contribution >= 0.6 is 0 Å². The van der Waals surface area contributed by atoms with Crippen LogP contribution in [0.5, 0.6) is 5.75 Å². The van der Waals surface area contributed by atoms with Crippen molar-refractivity contribution in [3.63, 3.8) is 0 Å². The Bertz CT molecular complexity index is 1090. The molecule has 28 heavy (non-hydrogen) atoms. The Morgan fingerprint density at radius 1 is 0.929 bits per heavy atom. The van der Waals surface area contributed by atoms with Crippen LogP contribution < -0.4 is 4.74 Å². The molecule has 3 aromatic carbocycles. The number of benzene rings is 3. The van der Waals surface area contributed by atoms with Gasteiger partial charge in [0.15, 0.2) is 0 Å². The average molecular weight is 370 g/mol. The van der Waals surface area contributed by atoms with Crippen molar-refractivity contribution in [1.29, 1.82) is 0 Å². The zero-order chi connectivity index (χ0) is 19.5. The second-order valence-electron chi connectivity index (χ2n) is 7.24. The molecule has 142 valence electrons. The highest BCUT2D eigenvalue weighted by atomic mass is 16.5. The molecule has 1 heterocycles. The molecule has 0 saturated heterocycles. The van der Waals surface area contributed by atoms with Crippen LogP contribution in [-0.2, 0) is 13.0 Å². The van der Waals surface area contributed by atoms with Crippen molar-refractivity contribution in [2.24, 2.45) is 0 Å². The van der Waals surface area contributed by atoms with E-state index in [1.165, 1.54) is 22.3 Å². The van der Waals surface area contributed by atoms with E-state index in [0.717, 1.165) is 35.6 Å². The number of ether oxygens (including phenoxy) is 1. The van der Waals surface area contributed by atoms with E-state index in [4.69, 9.17) is 9.72 Å². The fraction of sp³-hybridized carbons (Fsp3) is 0.240. The Labute approximate surface area is 166 Å². The van der Waals surface area contributed by atoms with Crippen LogP contribution in [0, 0.1) is 13.8 Å². The summed E-state index contributed by atoms with van der Waals surface area (Å²) < 4.78 is 8.29. The number of hydrogen-bond acceptors (Lipinski definition) is 2. The van der Waals surface area contributed by atoms with Gasteiger partial charge in [0.1, 0.15) is 18.2 Å². The Kier molecular flexibility index (Phi) is 5.16. The molecule has 0 aliphatic heterocycles. The number of hydrogen-bond donors (Lipinski definition) is 0. The van der Waals surface area contributed by atoms with Gasteiger partial charge in [-0.15, -0.1) is 0 Å². The molecular weight excluding hydrogens is 344 g/mol. The monoisotopic (exact) mass is 370 g/mol. The van der Waals surface area contributed by atoms with Crippen molar-refractivity contribution in [3.8, 4) is 17.1 Å². The fourth-order valence-electron chi connectivity index (χ4n) is 3.65. The molecule has 0 aliphatic rings. The van der Waals surface area contributed by atoms with Crippen LogP contribution in [0.3, 0.4) is 0 Å². The highest BCUT2D eigenvalue weighted by molar-refractivity contribution is 5.81. The predicted molar refractivity (Wildman–Crippen MR) is 116 cm³/mol. The Morgan fingerprint density at radius 2 is 1.71 bits per heavy atom. The van der Waals surface area contributed by atoms with Crippen LogP contribution in [0.25, 0.3) is 22.4 Å². The lowest BCUT2D eigenvalue weighted by atomic mass is 10.1. The molecule has 0 spiro atoms. The number of fused-ring (bicyclic) bond motifs is 1. The van der Waals surface area contributed by atoms with Crippen molar-refractivity contribution in [2.45, 2.75) is 33.7 Å². The highest BCUT2D eigenvalue weighted by Gasteiger charge is 2.14. The van der Waals surface area contributed by atoms with Crippen molar-refractivity contribution >= 4 is 11.0 Å². The first-order valence-corrected chi connectivity index (χ1v) is 9.90. The van der Waals surface area contributed by atoms with Gasteiger partial charge in [0.25, 0.3) is 0 Å². The third-order valence-electron chi connectivity index (χ3n) is 5.19. The van der Waals surface area contributed by atoms with Crippen LogP contribution in [0.1, 0.15) is 23.6 Å². The molecular formula is C25H26N2O. The van der Waals surface area contributed by atoms with Gasteiger partial charge < -0.3 is 9.30 Å². The topological polar surface area (TPSA) is 27.1 Å². The lowest BCUT2D eigenvalue weighted by molar-refractivity contribution is 0.301. The summed E-state index contributed by atoms with van der Waals surface area (Å²) in [5.41, 5.74) is 7.17. The molecule has 1 aromatic heterocycles. The SMILES string of the molecule is CCc1ccc(OCCn2c(-c3ccc(C)cc3C)nc3ccccc32)cc1. The summed E-state index contributed by atoms with van der Waals surface area (Å²) in [7, 11) is 0. The summed E-state index contributed by atoms with van der Waals surface area (Å²) in [4.78, 5) is 4.93. The minimum absolute atomic E-state index is 0.601. The normalized spacial score (nSPS) is 11.1. The van der Waals surface area contributed by atoms with Crippen molar-refractivity contribution < 1.29 is 4.74 Å². The summed E-state index contributed by atoms with van der Waals surface area (Å²) in [6.45, 7) is 7.78. The fourth-order valence-corrected chi connectivity index (χ4v) is 3.65. The first kappa shape index (κ1) is 18.3. The maximum Gasteiger partial charge on any atom is 0.141 e. The van der Waals surface area contributed by atoms with Crippen molar-refractivity contribution in [1.82, 2.24) is 9.55 Å². The van der Waals surface area contributed by atoms with E-state index in [-0.39, 0.29) is 0 Å². The molecule has 0 aliphatic carbocycles. The Hall–Kier alpha value is -3.07. The molecule has 0 amide bonds. The third-order valence-corrected chi connectivity index (χ3v) is 5.19. The molecule has 0 fully saturated rings. The molecule has 0 atom stereocenters. The molecule has 3 nitrogen and oxygen atoms in total. The molecule has 0 N–H and O–H groups in total. The van der Waals surface area contributed by atoms with Crippen LogP contribution in [0.4, 0.5) is 0 Å². The summed E-state index contributed by atoms with van der Waals surface area (Å²) in [6, 6.07) is 23.2. The molecule has 4 rings (SSSR count).